The molecule has 0 bridgehead atoms. The summed E-state index contributed by atoms with van der Waals surface area (Å²) in [5.74, 6) is -7.72. The molecule has 1 heterocycles. The molecule has 13 heteroatoms. The highest BCUT2D eigenvalue weighted by molar-refractivity contribution is 6.06. The maximum Gasteiger partial charge on any atom is 0.463 e. The van der Waals surface area contributed by atoms with Gasteiger partial charge in [-0.3, -0.25) is 9.59 Å². The van der Waals surface area contributed by atoms with Crippen LogP contribution in [-0.4, -0.2) is 61.2 Å². The number of methoxy groups -OCH3 is 2. The molecular formula is C25H28F5N3O5. The summed E-state index contributed by atoms with van der Waals surface area (Å²) in [6.45, 7) is 3.30. The van der Waals surface area contributed by atoms with Crippen LogP contribution < -0.4 is 14.8 Å². The number of carbonyl (C=O) groups is 2. The lowest BCUT2D eigenvalue weighted by atomic mass is 9.89. The second kappa shape index (κ2) is 11.1. The first-order valence-corrected chi connectivity index (χ1v) is 11.8. The SMILES string of the molecule is CCOC1(NC(=O)C(F)(F)C(F)(F)F)C=CC(N2N=C(c3ccc(OC)c(OC)c3)C(CC)CC2=O)=CC1. The summed E-state index contributed by atoms with van der Waals surface area (Å²) in [7, 11) is 2.99. The molecule has 1 N–H and O–H groups in total. The van der Waals surface area contributed by atoms with Crippen molar-refractivity contribution in [3.05, 3.63) is 47.7 Å². The van der Waals surface area contributed by atoms with Crippen LogP contribution in [-0.2, 0) is 14.3 Å². The van der Waals surface area contributed by atoms with E-state index in [2.05, 4.69) is 5.10 Å². The van der Waals surface area contributed by atoms with Crippen molar-refractivity contribution in [3.63, 3.8) is 0 Å². The molecule has 0 spiro atoms. The first-order chi connectivity index (χ1) is 17.8. The van der Waals surface area contributed by atoms with Crippen LogP contribution in [0.1, 0.15) is 38.7 Å². The number of allylic oxidation sites excluding steroid dienone is 1. The molecule has 2 unspecified atom stereocenters. The van der Waals surface area contributed by atoms with E-state index in [0.29, 0.717) is 29.2 Å². The molecule has 0 fully saturated rings. The minimum Gasteiger partial charge on any atom is -0.493 e. The fourth-order valence-corrected chi connectivity index (χ4v) is 4.13. The minimum absolute atomic E-state index is 0.103. The molecule has 0 aromatic heterocycles. The molecule has 208 valence electrons. The van der Waals surface area contributed by atoms with Crippen molar-refractivity contribution in [1.29, 1.82) is 0 Å². The number of carbonyl (C=O) groups excluding carboxylic acids is 2. The second-order valence-electron chi connectivity index (χ2n) is 8.59. The Morgan fingerprint density at radius 1 is 1.16 bits per heavy atom. The molecule has 1 aliphatic heterocycles. The zero-order valence-electron chi connectivity index (χ0n) is 21.2. The monoisotopic (exact) mass is 545 g/mol. The molecule has 2 atom stereocenters. The Balaban J connectivity index is 1.92. The summed E-state index contributed by atoms with van der Waals surface area (Å²) in [5, 5.41) is 7.35. The summed E-state index contributed by atoms with van der Waals surface area (Å²) >= 11 is 0. The molecular weight excluding hydrogens is 517 g/mol. The highest BCUT2D eigenvalue weighted by Gasteiger charge is 2.64. The molecule has 2 amide bonds. The Bertz CT molecular complexity index is 1160. The highest BCUT2D eigenvalue weighted by Crippen LogP contribution is 2.37. The smallest absolute Gasteiger partial charge is 0.463 e. The van der Waals surface area contributed by atoms with Gasteiger partial charge in [0.2, 0.25) is 5.91 Å². The van der Waals surface area contributed by atoms with Gasteiger partial charge in [0.15, 0.2) is 17.2 Å². The van der Waals surface area contributed by atoms with Gasteiger partial charge >= 0.3 is 18.0 Å². The topological polar surface area (TPSA) is 89.5 Å². The zero-order valence-corrected chi connectivity index (χ0v) is 21.2. The molecule has 1 aliphatic carbocycles. The normalized spacial score (nSPS) is 22.1. The van der Waals surface area contributed by atoms with E-state index in [4.69, 9.17) is 14.2 Å². The van der Waals surface area contributed by atoms with E-state index in [1.165, 1.54) is 33.3 Å². The number of halogens is 5. The van der Waals surface area contributed by atoms with Gasteiger partial charge < -0.3 is 19.5 Å². The van der Waals surface area contributed by atoms with E-state index in [1.54, 1.807) is 23.5 Å². The molecule has 1 aromatic rings. The first-order valence-electron chi connectivity index (χ1n) is 11.8. The van der Waals surface area contributed by atoms with Gasteiger partial charge in [0.25, 0.3) is 0 Å². The minimum atomic E-state index is -6.07. The van der Waals surface area contributed by atoms with Crippen molar-refractivity contribution in [2.45, 2.75) is 50.9 Å². The molecule has 0 saturated heterocycles. The van der Waals surface area contributed by atoms with Crippen molar-refractivity contribution in [1.82, 2.24) is 10.3 Å². The van der Waals surface area contributed by atoms with Crippen LogP contribution in [0.5, 0.6) is 11.5 Å². The van der Waals surface area contributed by atoms with E-state index < -0.39 is 23.7 Å². The lowest BCUT2D eigenvalue weighted by Crippen LogP contribution is -2.58. The Kier molecular flexibility index (Phi) is 8.49. The predicted octanol–water partition coefficient (Wildman–Crippen LogP) is 4.56. The third-order valence-electron chi connectivity index (χ3n) is 6.17. The first kappa shape index (κ1) is 29.1. The summed E-state index contributed by atoms with van der Waals surface area (Å²) in [6, 6.07) is 5.22. The molecule has 0 saturated carbocycles. The largest absolute Gasteiger partial charge is 0.493 e. The number of alkyl halides is 5. The van der Waals surface area contributed by atoms with Gasteiger partial charge in [-0.1, -0.05) is 13.0 Å². The summed E-state index contributed by atoms with van der Waals surface area (Å²) < 4.78 is 81.1. The maximum absolute atomic E-state index is 13.6. The van der Waals surface area contributed by atoms with Gasteiger partial charge in [0.1, 0.15) is 0 Å². The number of nitrogens with one attached hydrogen (secondary N) is 1. The molecule has 1 aromatic carbocycles. The molecule has 2 aliphatic rings. The third-order valence-corrected chi connectivity index (χ3v) is 6.17. The fraction of sp³-hybridized carbons (Fsp3) is 0.480. The Labute approximate surface area is 216 Å². The molecule has 3 rings (SSSR count). The maximum atomic E-state index is 13.6. The lowest BCUT2D eigenvalue weighted by Gasteiger charge is -2.36. The zero-order chi connectivity index (χ0) is 28.3. The standard InChI is InChI=1S/C25H28F5N3O5/c1-5-15-14-20(34)33(32-21(15)16-7-8-18(36-3)19(13-16)37-4)17-9-11-23(12-10-17,38-6-2)31-22(35)24(26,27)25(28,29)30/h7-11,13,15H,5-6,12,14H2,1-4H3,(H,31,35). The van der Waals surface area contributed by atoms with E-state index >= 15 is 0 Å². The fourth-order valence-electron chi connectivity index (χ4n) is 4.13. The van der Waals surface area contributed by atoms with Gasteiger partial charge in [-0.15, -0.1) is 0 Å². The van der Waals surface area contributed by atoms with E-state index in [0.717, 1.165) is 11.1 Å². The lowest BCUT2D eigenvalue weighted by molar-refractivity contribution is -0.271. The Morgan fingerprint density at radius 3 is 2.37 bits per heavy atom. The van der Waals surface area contributed by atoms with Gasteiger partial charge in [-0.25, -0.2) is 5.01 Å². The summed E-state index contributed by atoms with van der Waals surface area (Å²) in [6.07, 6.45) is -1.87. The van der Waals surface area contributed by atoms with Gasteiger partial charge in [0, 0.05) is 30.9 Å². The van der Waals surface area contributed by atoms with Crippen molar-refractivity contribution in [3.8, 4) is 11.5 Å². The molecule has 8 nitrogen and oxygen atoms in total. The van der Waals surface area contributed by atoms with E-state index in [-0.39, 0.29) is 37.0 Å². The molecule has 38 heavy (non-hydrogen) atoms. The van der Waals surface area contributed by atoms with Crippen LogP contribution in [0.25, 0.3) is 0 Å². The number of amides is 2. The number of hydrazone groups is 1. The average Bonchev–Trinajstić information content (AvgIpc) is 2.88. The van der Waals surface area contributed by atoms with Crippen LogP contribution in [0.2, 0.25) is 0 Å². The van der Waals surface area contributed by atoms with Crippen LogP contribution in [0.15, 0.2) is 47.2 Å². The highest BCUT2D eigenvalue weighted by atomic mass is 19.4. The quantitative estimate of drug-likeness (QED) is 0.363. The average molecular weight is 546 g/mol. The molecule has 0 radical (unpaired) electrons. The van der Waals surface area contributed by atoms with Crippen LogP contribution >= 0.6 is 0 Å². The number of hydrogen-bond donors (Lipinski definition) is 1. The van der Waals surface area contributed by atoms with Gasteiger partial charge in [-0.05, 0) is 43.7 Å². The number of rotatable bonds is 9. The number of ether oxygens (including phenoxy) is 3. The number of benzene rings is 1. The van der Waals surface area contributed by atoms with Crippen molar-refractivity contribution in [2.75, 3.05) is 20.8 Å². The van der Waals surface area contributed by atoms with E-state index in [1.807, 2.05) is 6.92 Å². The predicted molar refractivity (Wildman–Crippen MR) is 127 cm³/mol. The van der Waals surface area contributed by atoms with Gasteiger partial charge in [0.05, 0.1) is 25.6 Å². The van der Waals surface area contributed by atoms with Crippen LogP contribution in [0.4, 0.5) is 22.0 Å². The Morgan fingerprint density at radius 2 is 1.84 bits per heavy atom. The Hall–Kier alpha value is -3.48. The van der Waals surface area contributed by atoms with Crippen molar-refractivity contribution in [2.24, 2.45) is 11.0 Å². The number of nitrogens with zero attached hydrogens (tertiary/aromatic N) is 2. The van der Waals surface area contributed by atoms with Gasteiger partial charge in [-0.2, -0.15) is 27.1 Å². The second-order valence-corrected chi connectivity index (χ2v) is 8.59. The van der Waals surface area contributed by atoms with Crippen molar-refractivity contribution < 1.29 is 45.8 Å². The number of hydrogen-bond acceptors (Lipinski definition) is 6. The van der Waals surface area contributed by atoms with Crippen molar-refractivity contribution >= 4 is 17.5 Å². The summed E-state index contributed by atoms with van der Waals surface area (Å²) in [5.41, 5.74) is -0.431. The van der Waals surface area contributed by atoms with Crippen LogP contribution in [0, 0.1) is 5.92 Å². The van der Waals surface area contributed by atoms with Crippen LogP contribution in [0.3, 0.4) is 0 Å². The summed E-state index contributed by atoms with van der Waals surface area (Å²) in [4.78, 5) is 24.8. The van der Waals surface area contributed by atoms with E-state index in [9.17, 15) is 31.5 Å². The third kappa shape index (κ3) is 5.66.